The van der Waals surface area contributed by atoms with Crippen molar-refractivity contribution in [3.8, 4) is 0 Å². The Morgan fingerprint density at radius 3 is 2.79 bits per heavy atom. The molecule has 1 saturated heterocycles. The van der Waals surface area contributed by atoms with Crippen molar-refractivity contribution in [3.05, 3.63) is 29.8 Å². The molecule has 0 aromatic carbocycles. The summed E-state index contributed by atoms with van der Waals surface area (Å²) in [6.07, 6.45) is 2.27. The molecule has 0 radical (unpaired) electrons. The summed E-state index contributed by atoms with van der Waals surface area (Å²) in [5.41, 5.74) is 0.105. The van der Waals surface area contributed by atoms with E-state index in [1.807, 2.05) is 0 Å². The summed E-state index contributed by atoms with van der Waals surface area (Å²) in [6, 6.07) is 1.08. The topological polar surface area (TPSA) is 74.3 Å². The summed E-state index contributed by atoms with van der Waals surface area (Å²) in [5.74, 6) is -1.23. The van der Waals surface area contributed by atoms with E-state index >= 15 is 0 Å². The van der Waals surface area contributed by atoms with Gasteiger partial charge < -0.3 is 15.5 Å². The smallest absolute Gasteiger partial charge is 0.253 e. The van der Waals surface area contributed by atoms with Gasteiger partial charge in [-0.25, -0.2) is 4.39 Å². The van der Waals surface area contributed by atoms with E-state index in [2.05, 4.69) is 15.6 Å². The number of hydrogen-bond donors (Lipinski definition) is 2. The fourth-order valence-electron chi connectivity index (χ4n) is 1.82. The van der Waals surface area contributed by atoms with Gasteiger partial charge in [-0.15, -0.1) is 0 Å². The normalized spacial score (nSPS) is 15.1. The maximum atomic E-state index is 12.9. The van der Waals surface area contributed by atoms with Crippen molar-refractivity contribution in [1.29, 1.82) is 0 Å². The minimum Gasteiger partial charge on any atom is -0.343 e. The summed E-state index contributed by atoms with van der Waals surface area (Å²) < 4.78 is 12.9. The third kappa shape index (κ3) is 3.72. The zero-order valence-corrected chi connectivity index (χ0v) is 10.4. The number of pyridine rings is 1. The van der Waals surface area contributed by atoms with Gasteiger partial charge in [0.15, 0.2) is 0 Å². The summed E-state index contributed by atoms with van der Waals surface area (Å²) in [6.45, 7) is 2.70. The molecule has 0 unspecified atom stereocenters. The van der Waals surface area contributed by atoms with E-state index in [1.165, 1.54) is 6.20 Å². The third-order valence-electron chi connectivity index (χ3n) is 2.84. The molecule has 1 aromatic heterocycles. The van der Waals surface area contributed by atoms with Crippen LogP contribution in [0.15, 0.2) is 18.5 Å². The number of carbonyl (C=O) groups is 2. The average Bonchev–Trinajstić information content (AvgIpc) is 2.45. The molecule has 102 valence electrons. The van der Waals surface area contributed by atoms with Gasteiger partial charge >= 0.3 is 0 Å². The summed E-state index contributed by atoms with van der Waals surface area (Å²) >= 11 is 0. The van der Waals surface area contributed by atoms with E-state index in [-0.39, 0.29) is 18.0 Å². The summed E-state index contributed by atoms with van der Waals surface area (Å²) in [5, 5.41) is 5.60. The first kappa shape index (κ1) is 13.4. The number of nitrogens with zero attached hydrogens (tertiary/aromatic N) is 2. The summed E-state index contributed by atoms with van der Waals surface area (Å²) in [7, 11) is 0. The molecule has 7 heteroatoms. The van der Waals surface area contributed by atoms with Crippen LogP contribution in [0, 0.1) is 5.82 Å². The minimum atomic E-state index is -0.582. The second-order valence-corrected chi connectivity index (χ2v) is 4.21. The Balaban J connectivity index is 1.84. The predicted octanol–water partition coefficient (Wildman–Crippen LogP) is -0.618. The van der Waals surface area contributed by atoms with E-state index in [9.17, 15) is 14.0 Å². The van der Waals surface area contributed by atoms with Crippen LogP contribution in [0.5, 0.6) is 0 Å². The molecule has 1 fully saturated rings. The first-order chi connectivity index (χ1) is 9.16. The number of nitrogens with one attached hydrogen (secondary N) is 2. The van der Waals surface area contributed by atoms with Gasteiger partial charge in [0.1, 0.15) is 5.82 Å². The highest BCUT2D eigenvalue weighted by molar-refractivity contribution is 5.96. The molecule has 0 bridgehead atoms. The number of carbonyl (C=O) groups excluding carboxylic acids is 2. The molecule has 2 rings (SSSR count). The molecular weight excluding hydrogens is 251 g/mol. The van der Waals surface area contributed by atoms with E-state index in [0.29, 0.717) is 13.1 Å². The molecule has 1 aliphatic rings. The van der Waals surface area contributed by atoms with Crippen molar-refractivity contribution < 1.29 is 14.0 Å². The highest BCUT2D eigenvalue weighted by Crippen LogP contribution is 2.00. The molecule has 2 N–H and O–H groups in total. The Bertz CT molecular complexity index is 475. The van der Waals surface area contributed by atoms with Crippen molar-refractivity contribution >= 4 is 11.8 Å². The van der Waals surface area contributed by atoms with Crippen LogP contribution in [-0.2, 0) is 4.79 Å². The number of halogens is 1. The largest absolute Gasteiger partial charge is 0.343 e. The Morgan fingerprint density at radius 1 is 1.37 bits per heavy atom. The number of rotatable bonds is 3. The van der Waals surface area contributed by atoms with Crippen LogP contribution in [0.2, 0.25) is 0 Å². The van der Waals surface area contributed by atoms with Gasteiger partial charge in [0.25, 0.3) is 5.91 Å². The van der Waals surface area contributed by atoms with Gasteiger partial charge in [-0.2, -0.15) is 0 Å². The van der Waals surface area contributed by atoms with Crippen molar-refractivity contribution in [3.63, 3.8) is 0 Å². The summed E-state index contributed by atoms with van der Waals surface area (Å²) in [4.78, 5) is 28.7. The predicted molar refractivity (Wildman–Crippen MR) is 66.0 cm³/mol. The Morgan fingerprint density at radius 2 is 2.11 bits per heavy atom. The van der Waals surface area contributed by atoms with E-state index < -0.39 is 11.7 Å². The zero-order chi connectivity index (χ0) is 13.7. The average molecular weight is 266 g/mol. The van der Waals surface area contributed by atoms with Gasteiger partial charge in [-0.3, -0.25) is 14.6 Å². The monoisotopic (exact) mass is 266 g/mol. The van der Waals surface area contributed by atoms with Crippen LogP contribution in [0.3, 0.4) is 0 Å². The maximum absolute atomic E-state index is 12.9. The lowest BCUT2D eigenvalue weighted by Gasteiger charge is -2.27. The molecule has 0 aliphatic carbocycles. The first-order valence-electron chi connectivity index (χ1n) is 6.04. The second-order valence-electron chi connectivity index (χ2n) is 4.21. The SMILES string of the molecule is O=C(NCC(=O)N1CCNCC1)c1cncc(F)c1. The highest BCUT2D eigenvalue weighted by Gasteiger charge is 2.17. The fourth-order valence-corrected chi connectivity index (χ4v) is 1.82. The lowest BCUT2D eigenvalue weighted by atomic mass is 10.2. The highest BCUT2D eigenvalue weighted by atomic mass is 19.1. The Kier molecular flexibility index (Phi) is 4.40. The van der Waals surface area contributed by atoms with E-state index in [4.69, 9.17) is 0 Å². The zero-order valence-electron chi connectivity index (χ0n) is 10.4. The van der Waals surface area contributed by atoms with E-state index in [0.717, 1.165) is 25.4 Å². The first-order valence-corrected chi connectivity index (χ1v) is 6.04. The molecule has 2 amide bonds. The van der Waals surface area contributed by atoms with Gasteiger partial charge in [0.2, 0.25) is 5.91 Å². The quantitative estimate of drug-likeness (QED) is 0.765. The molecular formula is C12H15FN4O2. The van der Waals surface area contributed by atoms with Crippen LogP contribution in [0.1, 0.15) is 10.4 Å². The van der Waals surface area contributed by atoms with Crippen molar-refractivity contribution in [1.82, 2.24) is 20.5 Å². The lowest BCUT2D eigenvalue weighted by Crippen LogP contribution is -2.49. The van der Waals surface area contributed by atoms with Crippen molar-refractivity contribution in [2.24, 2.45) is 0 Å². The molecule has 19 heavy (non-hydrogen) atoms. The van der Waals surface area contributed by atoms with Gasteiger partial charge in [0, 0.05) is 32.4 Å². The van der Waals surface area contributed by atoms with Crippen LogP contribution >= 0.6 is 0 Å². The molecule has 1 aliphatic heterocycles. The molecule has 2 heterocycles. The van der Waals surface area contributed by atoms with Crippen molar-refractivity contribution in [2.45, 2.75) is 0 Å². The van der Waals surface area contributed by atoms with Crippen molar-refractivity contribution in [2.75, 3.05) is 32.7 Å². The second kappa shape index (κ2) is 6.24. The maximum Gasteiger partial charge on any atom is 0.253 e. The molecule has 0 spiro atoms. The van der Waals surface area contributed by atoms with Crippen LogP contribution in [0.25, 0.3) is 0 Å². The molecule has 6 nitrogen and oxygen atoms in total. The lowest BCUT2D eigenvalue weighted by molar-refractivity contribution is -0.130. The third-order valence-corrected chi connectivity index (χ3v) is 2.84. The number of aromatic nitrogens is 1. The molecule has 0 atom stereocenters. The standard InChI is InChI=1S/C12H15FN4O2/c13-10-5-9(6-15-7-10)12(19)16-8-11(18)17-3-1-14-2-4-17/h5-7,14H,1-4,8H2,(H,16,19). The van der Waals surface area contributed by atoms with E-state index in [1.54, 1.807) is 4.90 Å². The molecule has 0 saturated carbocycles. The van der Waals surface area contributed by atoms with Crippen LogP contribution in [-0.4, -0.2) is 54.4 Å². The number of amides is 2. The van der Waals surface area contributed by atoms with Gasteiger partial charge in [-0.05, 0) is 6.07 Å². The number of piperazine rings is 1. The van der Waals surface area contributed by atoms with Crippen LogP contribution < -0.4 is 10.6 Å². The minimum absolute atomic E-state index is 0.0879. The molecule has 1 aromatic rings. The Labute approximate surface area is 110 Å². The number of hydrogen-bond acceptors (Lipinski definition) is 4. The Hall–Kier alpha value is -2.02. The van der Waals surface area contributed by atoms with Gasteiger partial charge in [-0.1, -0.05) is 0 Å². The van der Waals surface area contributed by atoms with Gasteiger partial charge in [0.05, 0.1) is 18.3 Å². The van der Waals surface area contributed by atoms with Crippen LogP contribution in [0.4, 0.5) is 4.39 Å². The fraction of sp³-hybridized carbons (Fsp3) is 0.417.